The third-order valence-corrected chi connectivity index (χ3v) is 4.82. The van der Waals surface area contributed by atoms with Crippen molar-refractivity contribution in [2.24, 2.45) is 0 Å². The molecule has 2 aromatic carbocycles. The predicted molar refractivity (Wildman–Crippen MR) is 109 cm³/mol. The van der Waals surface area contributed by atoms with Gasteiger partial charge in [-0.3, -0.25) is 19.3 Å². The predicted octanol–water partition coefficient (Wildman–Crippen LogP) is 2.83. The van der Waals surface area contributed by atoms with Gasteiger partial charge in [0, 0.05) is 32.1 Å². The molecule has 6 heteroatoms. The Labute approximate surface area is 170 Å². The first kappa shape index (κ1) is 20.3. The minimum Gasteiger partial charge on any atom is -0.490 e. The van der Waals surface area contributed by atoms with Crippen molar-refractivity contribution < 1.29 is 19.1 Å². The van der Waals surface area contributed by atoms with Crippen LogP contribution in [0.2, 0.25) is 0 Å². The summed E-state index contributed by atoms with van der Waals surface area (Å²) in [5, 5.41) is 0. The molecular formula is C23H24N2O4. The van der Waals surface area contributed by atoms with E-state index in [1.807, 2.05) is 30.3 Å². The van der Waals surface area contributed by atoms with Gasteiger partial charge in [-0.2, -0.15) is 0 Å². The van der Waals surface area contributed by atoms with Crippen molar-refractivity contribution in [3.05, 3.63) is 77.9 Å². The molecule has 6 nitrogen and oxygen atoms in total. The molecule has 0 bridgehead atoms. The number of ether oxygens (including phenoxy) is 1. The zero-order valence-electron chi connectivity index (χ0n) is 16.5. The van der Waals surface area contributed by atoms with Crippen molar-refractivity contribution in [2.45, 2.75) is 19.4 Å². The van der Waals surface area contributed by atoms with Crippen LogP contribution in [0.5, 0.6) is 5.75 Å². The highest BCUT2D eigenvalue weighted by Gasteiger charge is 2.30. The van der Waals surface area contributed by atoms with Crippen LogP contribution in [0.1, 0.15) is 27.9 Å². The smallest absolute Gasteiger partial charge is 0.260 e. The molecular weight excluding hydrogens is 368 g/mol. The second-order valence-electron chi connectivity index (χ2n) is 6.93. The first-order valence-electron chi connectivity index (χ1n) is 9.49. The number of amides is 3. The van der Waals surface area contributed by atoms with Crippen LogP contribution in [-0.4, -0.2) is 47.7 Å². The standard InChI is InChI=1S/C23H24N2O4/c1-3-14-29-19-10-8-17(9-11-19)16-24(2)21(26)12-13-25-22(27)15-18-6-4-5-7-20(18)23(25)28/h3-11H,1,12-16H2,2H3. The van der Waals surface area contributed by atoms with Gasteiger partial charge in [0.15, 0.2) is 0 Å². The van der Waals surface area contributed by atoms with Gasteiger partial charge in [-0.25, -0.2) is 0 Å². The number of rotatable bonds is 8. The fraction of sp³-hybridized carbons (Fsp3) is 0.261. The highest BCUT2D eigenvalue weighted by Crippen LogP contribution is 2.20. The third kappa shape index (κ3) is 4.90. The van der Waals surface area contributed by atoms with Crippen LogP contribution >= 0.6 is 0 Å². The molecule has 1 aliphatic heterocycles. The Morgan fingerprint density at radius 1 is 1.17 bits per heavy atom. The zero-order chi connectivity index (χ0) is 20.8. The van der Waals surface area contributed by atoms with E-state index in [-0.39, 0.29) is 37.1 Å². The lowest BCUT2D eigenvalue weighted by atomic mass is 9.98. The highest BCUT2D eigenvalue weighted by molar-refractivity contribution is 6.09. The molecule has 1 heterocycles. The summed E-state index contributed by atoms with van der Waals surface area (Å²) in [4.78, 5) is 40.1. The molecule has 1 aliphatic rings. The number of hydrogen-bond donors (Lipinski definition) is 0. The Morgan fingerprint density at radius 3 is 2.62 bits per heavy atom. The van der Waals surface area contributed by atoms with Crippen molar-refractivity contribution in [1.82, 2.24) is 9.80 Å². The summed E-state index contributed by atoms with van der Waals surface area (Å²) in [7, 11) is 1.71. The molecule has 0 N–H and O–H groups in total. The van der Waals surface area contributed by atoms with Crippen LogP contribution in [0.25, 0.3) is 0 Å². The molecule has 3 amide bonds. The molecule has 0 saturated heterocycles. The van der Waals surface area contributed by atoms with Gasteiger partial charge in [-0.15, -0.1) is 0 Å². The van der Waals surface area contributed by atoms with Crippen LogP contribution < -0.4 is 4.74 Å². The molecule has 0 aliphatic carbocycles. The van der Waals surface area contributed by atoms with E-state index in [0.717, 1.165) is 16.9 Å². The van der Waals surface area contributed by atoms with Crippen LogP contribution in [0, 0.1) is 0 Å². The molecule has 0 fully saturated rings. The topological polar surface area (TPSA) is 66.9 Å². The van der Waals surface area contributed by atoms with Crippen LogP contribution in [-0.2, 0) is 22.6 Å². The lowest BCUT2D eigenvalue weighted by molar-refractivity contribution is -0.132. The summed E-state index contributed by atoms with van der Waals surface area (Å²) in [5.41, 5.74) is 2.24. The summed E-state index contributed by atoms with van der Waals surface area (Å²) >= 11 is 0. The summed E-state index contributed by atoms with van der Waals surface area (Å²) in [6, 6.07) is 14.6. The maximum atomic E-state index is 12.6. The van der Waals surface area contributed by atoms with Crippen molar-refractivity contribution in [1.29, 1.82) is 0 Å². The Balaban J connectivity index is 1.54. The molecule has 0 aromatic heterocycles. The van der Waals surface area contributed by atoms with E-state index in [9.17, 15) is 14.4 Å². The zero-order valence-corrected chi connectivity index (χ0v) is 16.5. The largest absolute Gasteiger partial charge is 0.490 e. The van der Waals surface area contributed by atoms with Crippen LogP contribution in [0.4, 0.5) is 0 Å². The van der Waals surface area contributed by atoms with Gasteiger partial charge < -0.3 is 9.64 Å². The average Bonchev–Trinajstić information content (AvgIpc) is 2.73. The van der Waals surface area contributed by atoms with Gasteiger partial charge in [0.1, 0.15) is 12.4 Å². The van der Waals surface area contributed by atoms with E-state index < -0.39 is 0 Å². The monoisotopic (exact) mass is 392 g/mol. The van der Waals surface area contributed by atoms with Crippen molar-refractivity contribution >= 4 is 17.7 Å². The molecule has 3 rings (SSSR count). The van der Waals surface area contributed by atoms with Gasteiger partial charge in [0.05, 0.1) is 6.42 Å². The fourth-order valence-electron chi connectivity index (χ4n) is 3.23. The van der Waals surface area contributed by atoms with Gasteiger partial charge in [-0.1, -0.05) is 43.0 Å². The number of nitrogens with zero attached hydrogens (tertiary/aromatic N) is 2. The molecule has 150 valence electrons. The van der Waals surface area contributed by atoms with Crippen molar-refractivity contribution in [2.75, 3.05) is 20.2 Å². The van der Waals surface area contributed by atoms with Crippen molar-refractivity contribution in [3.63, 3.8) is 0 Å². The first-order valence-corrected chi connectivity index (χ1v) is 9.49. The third-order valence-electron chi connectivity index (χ3n) is 4.82. The molecule has 2 aromatic rings. The number of fused-ring (bicyclic) bond motifs is 1. The van der Waals surface area contributed by atoms with E-state index in [1.54, 1.807) is 36.2 Å². The number of carbonyl (C=O) groups is 3. The highest BCUT2D eigenvalue weighted by atomic mass is 16.5. The average molecular weight is 392 g/mol. The molecule has 0 spiro atoms. The SMILES string of the molecule is C=CCOc1ccc(CN(C)C(=O)CCN2C(=O)Cc3ccccc3C2=O)cc1. The lowest BCUT2D eigenvalue weighted by Gasteiger charge is -2.27. The molecule has 0 radical (unpaired) electrons. The molecule has 0 saturated carbocycles. The molecule has 29 heavy (non-hydrogen) atoms. The minimum atomic E-state index is -0.331. The van der Waals surface area contributed by atoms with Gasteiger partial charge in [0.25, 0.3) is 5.91 Å². The molecule has 0 unspecified atom stereocenters. The summed E-state index contributed by atoms with van der Waals surface area (Å²) < 4.78 is 5.45. The maximum Gasteiger partial charge on any atom is 0.260 e. The summed E-state index contributed by atoms with van der Waals surface area (Å²) in [5.74, 6) is 0.0168. The summed E-state index contributed by atoms with van der Waals surface area (Å²) in [6.07, 6.45) is 1.96. The van der Waals surface area contributed by atoms with Crippen LogP contribution in [0.15, 0.2) is 61.2 Å². The second-order valence-corrected chi connectivity index (χ2v) is 6.93. The van der Waals surface area contributed by atoms with E-state index >= 15 is 0 Å². The van der Waals surface area contributed by atoms with E-state index in [0.29, 0.717) is 18.7 Å². The Hall–Kier alpha value is -3.41. The van der Waals surface area contributed by atoms with E-state index in [2.05, 4.69) is 6.58 Å². The minimum absolute atomic E-state index is 0.0868. The fourth-order valence-corrected chi connectivity index (χ4v) is 3.23. The van der Waals surface area contributed by atoms with Gasteiger partial charge >= 0.3 is 0 Å². The van der Waals surface area contributed by atoms with Gasteiger partial charge in [0.2, 0.25) is 11.8 Å². The van der Waals surface area contributed by atoms with Crippen LogP contribution in [0.3, 0.4) is 0 Å². The van der Waals surface area contributed by atoms with E-state index in [1.165, 1.54) is 4.90 Å². The Bertz CT molecular complexity index is 921. The number of hydrogen-bond acceptors (Lipinski definition) is 4. The second kappa shape index (κ2) is 9.19. The lowest BCUT2D eigenvalue weighted by Crippen LogP contribution is -2.44. The Morgan fingerprint density at radius 2 is 1.90 bits per heavy atom. The maximum absolute atomic E-state index is 12.6. The van der Waals surface area contributed by atoms with E-state index in [4.69, 9.17) is 4.74 Å². The van der Waals surface area contributed by atoms with Gasteiger partial charge in [-0.05, 0) is 29.3 Å². The first-order chi connectivity index (χ1) is 14.0. The Kier molecular flexibility index (Phi) is 6.44. The summed E-state index contributed by atoms with van der Waals surface area (Å²) in [6.45, 7) is 4.57. The number of imide groups is 1. The molecule has 0 atom stereocenters. The quantitative estimate of drug-likeness (QED) is 0.512. The van der Waals surface area contributed by atoms with Crippen molar-refractivity contribution in [3.8, 4) is 5.75 Å². The normalized spacial score (nSPS) is 13.1. The number of carbonyl (C=O) groups excluding carboxylic acids is 3. The number of benzene rings is 2.